The van der Waals surface area contributed by atoms with E-state index in [9.17, 15) is 8.42 Å². The van der Waals surface area contributed by atoms with Gasteiger partial charge in [0.2, 0.25) is 10.0 Å². The number of nitrogens with one attached hydrogen (secondary N) is 3. The predicted octanol–water partition coefficient (Wildman–Crippen LogP) is 0.557. The van der Waals surface area contributed by atoms with Crippen LogP contribution in [-0.4, -0.2) is 70.7 Å². The van der Waals surface area contributed by atoms with Crippen LogP contribution in [0.25, 0.3) is 0 Å². The standard InChI is InChI=1S/C21H30N6O3S/c1-22-21(24-9-10-26-31(28,29)20-7-4-8-23-16-20)25-15-18-5-2-3-6-19(18)17-27-11-13-30-14-12-27/h2-8,16,26H,9-15,17H2,1H3,(H2,22,24,25). The Bertz CT molecular complexity index is 947. The highest BCUT2D eigenvalue weighted by Gasteiger charge is 2.14. The maximum Gasteiger partial charge on any atom is 0.242 e. The van der Waals surface area contributed by atoms with Crippen molar-refractivity contribution < 1.29 is 13.2 Å². The van der Waals surface area contributed by atoms with Gasteiger partial charge in [0.05, 0.1) is 13.2 Å². The first-order valence-electron chi connectivity index (χ1n) is 10.3. The van der Waals surface area contributed by atoms with E-state index >= 15 is 0 Å². The molecule has 0 saturated carbocycles. The lowest BCUT2D eigenvalue weighted by Gasteiger charge is -2.27. The summed E-state index contributed by atoms with van der Waals surface area (Å²) in [6, 6.07) is 11.4. The third-order valence-electron chi connectivity index (χ3n) is 4.94. The van der Waals surface area contributed by atoms with Gasteiger partial charge in [0, 0.05) is 58.7 Å². The predicted molar refractivity (Wildman–Crippen MR) is 120 cm³/mol. The van der Waals surface area contributed by atoms with Crippen LogP contribution in [0.4, 0.5) is 0 Å². The monoisotopic (exact) mass is 446 g/mol. The van der Waals surface area contributed by atoms with E-state index < -0.39 is 10.0 Å². The average Bonchev–Trinajstić information content (AvgIpc) is 2.81. The quantitative estimate of drug-likeness (QED) is 0.293. The second kappa shape index (κ2) is 11.8. The van der Waals surface area contributed by atoms with Crippen molar-refractivity contribution in [3.8, 4) is 0 Å². The van der Waals surface area contributed by atoms with E-state index in [1.165, 1.54) is 29.6 Å². The first-order valence-corrected chi connectivity index (χ1v) is 11.8. The number of benzene rings is 1. The van der Waals surface area contributed by atoms with Crippen LogP contribution in [0.1, 0.15) is 11.1 Å². The molecule has 1 aliphatic heterocycles. The summed E-state index contributed by atoms with van der Waals surface area (Å²) in [5.74, 6) is 0.613. The number of aliphatic imine (C=N–C) groups is 1. The minimum atomic E-state index is -3.57. The van der Waals surface area contributed by atoms with E-state index in [4.69, 9.17) is 4.74 Å². The largest absolute Gasteiger partial charge is 0.379 e. The number of rotatable bonds is 9. The fourth-order valence-electron chi connectivity index (χ4n) is 3.24. The average molecular weight is 447 g/mol. The number of guanidine groups is 1. The maximum atomic E-state index is 12.2. The molecule has 1 aromatic heterocycles. The minimum Gasteiger partial charge on any atom is -0.379 e. The summed E-state index contributed by atoms with van der Waals surface area (Å²) in [7, 11) is -1.88. The summed E-state index contributed by atoms with van der Waals surface area (Å²) in [5, 5.41) is 6.44. The molecule has 3 rings (SSSR count). The van der Waals surface area contributed by atoms with Gasteiger partial charge in [0.15, 0.2) is 5.96 Å². The van der Waals surface area contributed by atoms with Crippen LogP contribution in [0.2, 0.25) is 0 Å². The Morgan fingerprint density at radius 2 is 1.87 bits per heavy atom. The fraction of sp³-hybridized carbons (Fsp3) is 0.429. The van der Waals surface area contributed by atoms with Crippen molar-refractivity contribution in [1.82, 2.24) is 25.2 Å². The molecule has 0 amide bonds. The summed E-state index contributed by atoms with van der Waals surface area (Å²) >= 11 is 0. The van der Waals surface area contributed by atoms with Gasteiger partial charge in [0.25, 0.3) is 0 Å². The summed E-state index contributed by atoms with van der Waals surface area (Å²) < 4.78 is 32.4. The van der Waals surface area contributed by atoms with Crippen molar-refractivity contribution in [2.45, 2.75) is 18.0 Å². The molecule has 0 atom stereocenters. The molecule has 1 aliphatic rings. The molecule has 2 heterocycles. The van der Waals surface area contributed by atoms with Crippen molar-refractivity contribution in [2.75, 3.05) is 46.4 Å². The van der Waals surface area contributed by atoms with Crippen molar-refractivity contribution in [3.05, 3.63) is 59.9 Å². The second-order valence-corrected chi connectivity index (χ2v) is 8.86. The van der Waals surface area contributed by atoms with E-state index in [2.05, 4.69) is 48.4 Å². The van der Waals surface area contributed by atoms with Crippen LogP contribution >= 0.6 is 0 Å². The highest BCUT2D eigenvalue weighted by atomic mass is 32.2. The van der Waals surface area contributed by atoms with Gasteiger partial charge in [-0.15, -0.1) is 0 Å². The van der Waals surface area contributed by atoms with E-state index in [-0.39, 0.29) is 11.4 Å². The molecule has 0 aliphatic carbocycles. The minimum absolute atomic E-state index is 0.148. The van der Waals surface area contributed by atoms with Crippen LogP contribution in [-0.2, 0) is 27.8 Å². The Kier molecular flexibility index (Phi) is 8.77. The number of morpholine rings is 1. The van der Waals surface area contributed by atoms with Crippen LogP contribution in [0.15, 0.2) is 58.7 Å². The summed E-state index contributed by atoms with van der Waals surface area (Å²) in [5.41, 5.74) is 2.48. The first kappa shape index (κ1) is 23.1. The molecule has 1 aromatic carbocycles. The smallest absolute Gasteiger partial charge is 0.242 e. The van der Waals surface area contributed by atoms with Gasteiger partial charge >= 0.3 is 0 Å². The molecule has 1 saturated heterocycles. The van der Waals surface area contributed by atoms with E-state index in [0.29, 0.717) is 19.0 Å². The molecule has 0 bridgehead atoms. The Hall–Kier alpha value is -2.53. The molecule has 0 spiro atoms. The van der Waals surface area contributed by atoms with Gasteiger partial charge in [-0.3, -0.25) is 14.9 Å². The molecule has 2 aromatic rings. The number of ether oxygens (including phenoxy) is 1. The number of sulfonamides is 1. The van der Waals surface area contributed by atoms with E-state index in [1.54, 1.807) is 13.1 Å². The van der Waals surface area contributed by atoms with Gasteiger partial charge in [-0.25, -0.2) is 13.1 Å². The van der Waals surface area contributed by atoms with Crippen LogP contribution in [0.5, 0.6) is 0 Å². The summed E-state index contributed by atoms with van der Waals surface area (Å²) in [6.45, 7) is 5.59. The molecule has 10 heteroatoms. The Morgan fingerprint density at radius 3 is 2.58 bits per heavy atom. The molecule has 0 radical (unpaired) electrons. The van der Waals surface area contributed by atoms with Crippen molar-refractivity contribution in [3.63, 3.8) is 0 Å². The van der Waals surface area contributed by atoms with Gasteiger partial charge in [0.1, 0.15) is 4.90 Å². The highest BCUT2D eigenvalue weighted by Crippen LogP contribution is 2.13. The highest BCUT2D eigenvalue weighted by molar-refractivity contribution is 7.89. The van der Waals surface area contributed by atoms with Gasteiger partial charge in [-0.1, -0.05) is 24.3 Å². The Morgan fingerprint density at radius 1 is 1.10 bits per heavy atom. The van der Waals surface area contributed by atoms with Gasteiger partial charge < -0.3 is 15.4 Å². The summed E-state index contributed by atoms with van der Waals surface area (Å²) in [4.78, 5) is 10.6. The van der Waals surface area contributed by atoms with Crippen molar-refractivity contribution in [2.24, 2.45) is 4.99 Å². The fourth-order valence-corrected chi connectivity index (χ4v) is 4.23. The molecule has 31 heavy (non-hydrogen) atoms. The van der Waals surface area contributed by atoms with Crippen LogP contribution in [0, 0.1) is 0 Å². The van der Waals surface area contributed by atoms with Crippen molar-refractivity contribution in [1.29, 1.82) is 0 Å². The topological polar surface area (TPSA) is 108 Å². The molecule has 168 valence electrons. The number of nitrogens with zero attached hydrogens (tertiary/aromatic N) is 3. The zero-order valence-corrected chi connectivity index (χ0v) is 18.6. The lowest BCUT2D eigenvalue weighted by Crippen LogP contribution is -2.41. The summed E-state index contributed by atoms with van der Waals surface area (Å²) in [6.07, 6.45) is 2.86. The second-order valence-electron chi connectivity index (χ2n) is 7.10. The lowest BCUT2D eigenvalue weighted by atomic mass is 10.1. The molecule has 3 N–H and O–H groups in total. The lowest BCUT2D eigenvalue weighted by molar-refractivity contribution is 0.0341. The molecular formula is C21H30N6O3S. The molecule has 9 nitrogen and oxygen atoms in total. The maximum absolute atomic E-state index is 12.2. The van der Waals surface area contributed by atoms with Gasteiger partial charge in [-0.05, 0) is 23.3 Å². The number of hydrogen-bond acceptors (Lipinski definition) is 6. The third-order valence-corrected chi connectivity index (χ3v) is 6.39. The number of aromatic nitrogens is 1. The normalized spacial score (nSPS) is 15.6. The molecule has 1 fully saturated rings. The van der Waals surface area contributed by atoms with E-state index in [0.717, 1.165) is 32.8 Å². The Balaban J connectivity index is 1.45. The van der Waals surface area contributed by atoms with Crippen LogP contribution < -0.4 is 15.4 Å². The van der Waals surface area contributed by atoms with Crippen molar-refractivity contribution >= 4 is 16.0 Å². The Labute approximate surface area is 184 Å². The number of pyridine rings is 1. The first-order chi connectivity index (χ1) is 15.1. The molecular weight excluding hydrogens is 416 g/mol. The molecule has 0 unspecified atom stereocenters. The number of hydrogen-bond donors (Lipinski definition) is 3. The van der Waals surface area contributed by atoms with Crippen LogP contribution in [0.3, 0.4) is 0 Å². The van der Waals surface area contributed by atoms with E-state index in [1.807, 2.05) is 6.07 Å². The SMILES string of the molecule is CN=C(NCCNS(=O)(=O)c1cccnc1)NCc1ccccc1CN1CCOCC1. The zero-order chi connectivity index (χ0) is 21.9. The third kappa shape index (κ3) is 7.28. The van der Waals surface area contributed by atoms with Gasteiger partial charge in [-0.2, -0.15) is 0 Å². The zero-order valence-electron chi connectivity index (χ0n) is 17.8.